The standard InChI is InChI=1S/C27H25N3OS/c1-4-5-9-19(3)24-16-22(20-14-12-18(2)13-15-20)23(17-28)27(30-24)32-25(26(29)31)21-10-7-6-8-11-21/h4-16,25H,1-3H3,(H2,29,31)/b5-4-,19-9+. The van der Waals surface area contributed by atoms with E-state index in [9.17, 15) is 10.1 Å². The van der Waals surface area contributed by atoms with Crippen LogP contribution in [-0.4, -0.2) is 10.9 Å². The number of pyridine rings is 1. The van der Waals surface area contributed by atoms with Gasteiger partial charge in [0, 0.05) is 5.56 Å². The number of hydrogen-bond donors (Lipinski definition) is 1. The zero-order valence-electron chi connectivity index (χ0n) is 18.4. The van der Waals surface area contributed by atoms with Crippen LogP contribution < -0.4 is 5.73 Å². The molecule has 3 rings (SSSR count). The van der Waals surface area contributed by atoms with E-state index in [1.54, 1.807) is 0 Å². The smallest absolute Gasteiger partial charge is 0.235 e. The van der Waals surface area contributed by atoms with E-state index in [0.717, 1.165) is 33.5 Å². The van der Waals surface area contributed by atoms with Crippen LogP contribution in [0.2, 0.25) is 0 Å². The Morgan fingerprint density at radius 2 is 1.84 bits per heavy atom. The number of carbonyl (C=O) groups is 1. The molecule has 0 saturated heterocycles. The van der Waals surface area contributed by atoms with Crippen LogP contribution in [0.3, 0.4) is 0 Å². The van der Waals surface area contributed by atoms with Crippen molar-refractivity contribution in [2.75, 3.05) is 0 Å². The van der Waals surface area contributed by atoms with Crippen LogP contribution in [0, 0.1) is 18.3 Å². The number of nitrogens with two attached hydrogens (primary N) is 1. The van der Waals surface area contributed by atoms with E-state index in [0.29, 0.717) is 10.6 Å². The number of allylic oxidation sites excluding steroid dienone is 4. The molecule has 4 nitrogen and oxygen atoms in total. The fourth-order valence-corrected chi connectivity index (χ4v) is 4.29. The van der Waals surface area contributed by atoms with Crippen molar-refractivity contribution < 1.29 is 4.79 Å². The highest BCUT2D eigenvalue weighted by molar-refractivity contribution is 8.00. The summed E-state index contributed by atoms with van der Waals surface area (Å²) in [4.78, 5) is 17.1. The van der Waals surface area contributed by atoms with E-state index in [4.69, 9.17) is 10.7 Å². The second kappa shape index (κ2) is 10.6. The summed E-state index contributed by atoms with van der Waals surface area (Å²) in [7, 11) is 0. The number of rotatable bonds is 7. The first-order valence-electron chi connectivity index (χ1n) is 10.3. The van der Waals surface area contributed by atoms with E-state index in [1.165, 1.54) is 11.8 Å². The lowest BCUT2D eigenvalue weighted by molar-refractivity contribution is -0.117. The molecule has 0 saturated carbocycles. The molecular formula is C27H25N3OS. The highest BCUT2D eigenvalue weighted by Crippen LogP contribution is 2.39. The maximum absolute atomic E-state index is 12.3. The predicted molar refractivity (Wildman–Crippen MR) is 132 cm³/mol. The molecule has 0 aliphatic rings. The average molecular weight is 440 g/mol. The van der Waals surface area contributed by atoms with Crippen molar-refractivity contribution >= 4 is 23.2 Å². The molecule has 3 aromatic rings. The minimum absolute atomic E-state index is 0.434. The second-order valence-electron chi connectivity index (χ2n) is 7.40. The molecule has 1 amide bonds. The number of thioether (sulfide) groups is 1. The van der Waals surface area contributed by atoms with Gasteiger partial charge in [-0.3, -0.25) is 4.79 Å². The Bertz CT molecular complexity index is 1210. The van der Waals surface area contributed by atoms with Gasteiger partial charge >= 0.3 is 0 Å². The Morgan fingerprint density at radius 1 is 1.16 bits per heavy atom. The molecule has 1 unspecified atom stereocenters. The van der Waals surface area contributed by atoms with Crippen molar-refractivity contribution in [3.05, 3.63) is 101 Å². The summed E-state index contributed by atoms with van der Waals surface area (Å²) in [6.45, 7) is 5.95. The number of carbonyl (C=O) groups excluding carboxylic acids is 1. The van der Waals surface area contributed by atoms with Crippen LogP contribution in [0.1, 0.15) is 41.5 Å². The quantitative estimate of drug-likeness (QED) is 0.350. The van der Waals surface area contributed by atoms with Crippen LogP contribution >= 0.6 is 11.8 Å². The lowest BCUT2D eigenvalue weighted by atomic mass is 9.98. The Morgan fingerprint density at radius 3 is 2.44 bits per heavy atom. The molecule has 0 radical (unpaired) electrons. The van der Waals surface area contributed by atoms with Crippen molar-refractivity contribution in [3.63, 3.8) is 0 Å². The van der Waals surface area contributed by atoms with Crippen molar-refractivity contribution in [3.8, 4) is 17.2 Å². The summed E-state index contributed by atoms with van der Waals surface area (Å²) in [5, 5.41) is 9.89. The van der Waals surface area contributed by atoms with Gasteiger partial charge in [0.25, 0.3) is 0 Å². The van der Waals surface area contributed by atoms with Crippen LogP contribution in [0.5, 0.6) is 0 Å². The topological polar surface area (TPSA) is 79.8 Å². The van der Waals surface area contributed by atoms with Crippen molar-refractivity contribution in [1.82, 2.24) is 4.98 Å². The SMILES string of the molecule is C/C=C\C=C(/C)c1cc(-c2ccc(C)cc2)c(C#N)c(SC(C(N)=O)c2ccccc2)n1. The highest BCUT2D eigenvalue weighted by Gasteiger charge is 2.24. The van der Waals surface area contributed by atoms with Gasteiger partial charge in [-0.1, -0.05) is 90.2 Å². The zero-order valence-corrected chi connectivity index (χ0v) is 19.2. The molecule has 0 aliphatic carbocycles. The summed E-state index contributed by atoms with van der Waals surface area (Å²) in [6, 6.07) is 21.6. The fraction of sp³-hybridized carbons (Fsp3) is 0.148. The molecule has 2 N–H and O–H groups in total. The monoisotopic (exact) mass is 439 g/mol. The molecule has 0 spiro atoms. The van der Waals surface area contributed by atoms with E-state index < -0.39 is 11.2 Å². The van der Waals surface area contributed by atoms with Crippen LogP contribution in [0.15, 0.2) is 83.9 Å². The summed E-state index contributed by atoms with van der Waals surface area (Å²) >= 11 is 1.22. The molecule has 1 heterocycles. The van der Waals surface area contributed by atoms with Crippen LogP contribution in [0.25, 0.3) is 16.7 Å². The van der Waals surface area contributed by atoms with Gasteiger partial charge in [0.15, 0.2) is 0 Å². The molecular weight excluding hydrogens is 414 g/mol. The molecule has 0 bridgehead atoms. The number of aryl methyl sites for hydroxylation is 1. The minimum Gasteiger partial charge on any atom is -0.368 e. The largest absolute Gasteiger partial charge is 0.368 e. The molecule has 0 aliphatic heterocycles. The average Bonchev–Trinajstić information content (AvgIpc) is 2.81. The van der Waals surface area contributed by atoms with Crippen LogP contribution in [0.4, 0.5) is 0 Å². The van der Waals surface area contributed by atoms with Gasteiger partial charge < -0.3 is 5.73 Å². The van der Waals surface area contributed by atoms with Crippen molar-refractivity contribution in [2.24, 2.45) is 5.73 Å². The number of nitriles is 1. The van der Waals surface area contributed by atoms with Gasteiger partial charge in [0.05, 0.1) is 11.3 Å². The van der Waals surface area contributed by atoms with Crippen LogP contribution in [-0.2, 0) is 4.79 Å². The summed E-state index contributed by atoms with van der Waals surface area (Å²) in [5.74, 6) is -0.477. The predicted octanol–water partition coefficient (Wildman–Crippen LogP) is 6.23. The van der Waals surface area contributed by atoms with E-state index >= 15 is 0 Å². The molecule has 1 atom stereocenters. The number of amides is 1. The van der Waals surface area contributed by atoms with E-state index in [2.05, 4.69) is 6.07 Å². The van der Waals surface area contributed by atoms with Gasteiger partial charge in [-0.15, -0.1) is 0 Å². The Labute approximate surface area is 193 Å². The van der Waals surface area contributed by atoms with E-state index in [-0.39, 0.29) is 0 Å². The van der Waals surface area contributed by atoms with Gasteiger partial charge in [0.1, 0.15) is 16.3 Å². The van der Waals surface area contributed by atoms with Crippen molar-refractivity contribution in [1.29, 1.82) is 5.26 Å². The highest BCUT2D eigenvalue weighted by atomic mass is 32.2. The Kier molecular flexibility index (Phi) is 7.64. The fourth-order valence-electron chi connectivity index (χ4n) is 3.23. The summed E-state index contributed by atoms with van der Waals surface area (Å²) in [6.07, 6.45) is 5.87. The number of benzene rings is 2. The Hall–Kier alpha value is -3.62. The molecule has 1 aromatic heterocycles. The molecule has 0 fully saturated rings. The van der Waals surface area contributed by atoms with Crippen molar-refractivity contribution in [2.45, 2.75) is 31.0 Å². The zero-order chi connectivity index (χ0) is 23.1. The Balaban J connectivity index is 2.21. The molecule has 5 heteroatoms. The second-order valence-corrected chi connectivity index (χ2v) is 8.49. The maximum Gasteiger partial charge on any atom is 0.235 e. The summed E-state index contributed by atoms with van der Waals surface area (Å²) < 4.78 is 0. The van der Waals surface area contributed by atoms with Gasteiger partial charge in [-0.2, -0.15) is 5.26 Å². The third kappa shape index (κ3) is 5.35. The minimum atomic E-state index is -0.656. The molecule has 32 heavy (non-hydrogen) atoms. The molecule has 2 aromatic carbocycles. The summed E-state index contributed by atoms with van der Waals surface area (Å²) in [5.41, 5.74) is 11.5. The number of primary amides is 1. The lowest BCUT2D eigenvalue weighted by Crippen LogP contribution is -2.19. The number of aromatic nitrogens is 1. The first-order chi connectivity index (χ1) is 15.4. The number of hydrogen-bond acceptors (Lipinski definition) is 4. The third-order valence-corrected chi connectivity index (χ3v) is 6.25. The normalized spacial score (nSPS) is 12.5. The molecule has 160 valence electrons. The van der Waals surface area contributed by atoms with E-state index in [1.807, 2.05) is 99.7 Å². The first-order valence-corrected chi connectivity index (χ1v) is 11.2. The van der Waals surface area contributed by atoms with Gasteiger partial charge in [-0.25, -0.2) is 4.98 Å². The lowest BCUT2D eigenvalue weighted by Gasteiger charge is -2.17. The maximum atomic E-state index is 12.3. The van der Waals surface area contributed by atoms with Gasteiger partial charge in [-0.05, 0) is 43.5 Å². The number of nitrogens with zero attached hydrogens (tertiary/aromatic N) is 2. The first kappa shape index (κ1) is 23.1. The van der Waals surface area contributed by atoms with Gasteiger partial charge in [0.2, 0.25) is 5.91 Å². The third-order valence-electron chi connectivity index (χ3n) is 4.99.